The van der Waals surface area contributed by atoms with Crippen LogP contribution in [0.2, 0.25) is 0 Å². The lowest BCUT2D eigenvalue weighted by molar-refractivity contribution is 0.0919. The Labute approximate surface area is 110 Å². The average Bonchev–Trinajstić information content (AvgIpc) is 2.39. The molecule has 0 bridgehead atoms. The van der Waals surface area contributed by atoms with Crippen LogP contribution in [0, 0.1) is 12.8 Å². The van der Waals surface area contributed by atoms with Crippen molar-refractivity contribution in [1.29, 1.82) is 0 Å². The van der Waals surface area contributed by atoms with E-state index in [0.717, 1.165) is 5.56 Å². The van der Waals surface area contributed by atoms with Gasteiger partial charge in [0, 0.05) is 11.6 Å². The van der Waals surface area contributed by atoms with Crippen molar-refractivity contribution in [3.63, 3.8) is 0 Å². The van der Waals surface area contributed by atoms with Crippen LogP contribution in [0.25, 0.3) is 0 Å². The van der Waals surface area contributed by atoms with Crippen molar-refractivity contribution < 1.29 is 4.79 Å². The molecule has 1 saturated carbocycles. The maximum absolute atomic E-state index is 12.1. The highest BCUT2D eigenvalue weighted by atomic mass is 16.1. The van der Waals surface area contributed by atoms with Gasteiger partial charge in [-0.25, -0.2) is 0 Å². The molecule has 1 radical (unpaired) electrons. The molecule has 1 fully saturated rings. The molecule has 0 heterocycles. The van der Waals surface area contributed by atoms with Gasteiger partial charge in [-0.15, -0.1) is 0 Å². The topological polar surface area (TPSA) is 29.1 Å². The Morgan fingerprint density at radius 2 is 2.06 bits per heavy atom. The third-order valence-electron chi connectivity index (χ3n) is 3.90. The first kappa shape index (κ1) is 13.1. The number of carbonyl (C=O) groups excluding carboxylic acids is 1. The van der Waals surface area contributed by atoms with E-state index in [9.17, 15) is 4.79 Å². The predicted octanol–water partition coefficient (Wildman–Crippen LogP) is 3.57. The van der Waals surface area contributed by atoms with Gasteiger partial charge in [-0.2, -0.15) is 0 Å². The van der Waals surface area contributed by atoms with Crippen molar-refractivity contribution in [3.8, 4) is 0 Å². The van der Waals surface area contributed by atoms with E-state index in [1.165, 1.54) is 32.1 Å². The van der Waals surface area contributed by atoms with Gasteiger partial charge >= 0.3 is 0 Å². The van der Waals surface area contributed by atoms with Crippen LogP contribution in [-0.2, 0) is 0 Å². The van der Waals surface area contributed by atoms with E-state index < -0.39 is 0 Å². The molecule has 1 aliphatic rings. The molecule has 0 spiro atoms. The first-order valence-electron chi connectivity index (χ1n) is 6.89. The minimum absolute atomic E-state index is 0.0265. The molecule has 1 aromatic carbocycles. The Balaban J connectivity index is 1.94. The van der Waals surface area contributed by atoms with Crippen LogP contribution in [0.3, 0.4) is 0 Å². The van der Waals surface area contributed by atoms with E-state index in [4.69, 9.17) is 0 Å². The van der Waals surface area contributed by atoms with E-state index in [-0.39, 0.29) is 11.9 Å². The highest BCUT2D eigenvalue weighted by Crippen LogP contribution is 2.26. The molecule has 0 unspecified atom stereocenters. The Bertz CT molecular complexity index is 407. The standard InChI is InChI=1S/C16H22NO/c1-12-7-6-10-15(11-12)16(18)17-13(2)14-8-4-3-5-9-14/h6-7,10-11,13-14H,1,3-5,8-9H2,2H3,(H,17,18)/t13-/m0/s1. The number of hydrogen-bond donors (Lipinski definition) is 1. The van der Waals surface area contributed by atoms with Crippen molar-refractivity contribution in [3.05, 3.63) is 42.3 Å². The first-order chi connectivity index (χ1) is 8.66. The third-order valence-corrected chi connectivity index (χ3v) is 3.90. The van der Waals surface area contributed by atoms with Gasteiger partial charge in [-0.05, 0) is 50.3 Å². The van der Waals surface area contributed by atoms with Crippen LogP contribution < -0.4 is 5.32 Å². The molecule has 0 aliphatic heterocycles. The Kier molecular flexibility index (Phi) is 4.40. The summed E-state index contributed by atoms with van der Waals surface area (Å²) in [6.07, 6.45) is 6.45. The summed E-state index contributed by atoms with van der Waals surface area (Å²) < 4.78 is 0. The van der Waals surface area contributed by atoms with Crippen LogP contribution in [0.5, 0.6) is 0 Å². The predicted molar refractivity (Wildman–Crippen MR) is 74.4 cm³/mol. The molecule has 97 valence electrons. The van der Waals surface area contributed by atoms with Crippen LogP contribution in [0.15, 0.2) is 24.3 Å². The number of carbonyl (C=O) groups is 1. The van der Waals surface area contributed by atoms with E-state index in [0.29, 0.717) is 11.5 Å². The van der Waals surface area contributed by atoms with E-state index in [1.807, 2.05) is 24.3 Å². The second-order valence-corrected chi connectivity index (χ2v) is 5.36. The zero-order chi connectivity index (χ0) is 13.0. The molecule has 2 nitrogen and oxygen atoms in total. The third kappa shape index (κ3) is 3.34. The summed E-state index contributed by atoms with van der Waals surface area (Å²) in [5.74, 6) is 0.671. The average molecular weight is 244 g/mol. The fraction of sp³-hybridized carbons (Fsp3) is 0.500. The second kappa shape index (κ2) is 6.03. The molecule has 1 N–H and O–H groups in total. The van der Waals surface area contributed by atoms with Gasteiger partial charge in [0.15, 0.2) is 0 Å². The Morgan fingerprint density at radius 1 is 1.33 bits per heavy atom. The maximum atomic E-state index is 12.1. The van der Waals surface area contributed by atoms with Crippen LogP contribution in [0.4, 0.5) is 0 Å². The van der Waals surface area contributed by atoms with Gasteiger partial charge in [-0.1, -0.05) is 31.4 Å². The summed E-state index contributed by atoms with van der Waals surface area (Å²) in [7, 11) is 0. The van der Waals surface area contributed by atoms with Gasteiger partial charge in [0.2, 0.25) is 0 Å². The number of rotatable bonds is 3. The highest BCUT2D eigenvalue weighted by Gasteiger charge is 2.21. The number of benzene rings is 1. The van der Waals surface area contributed by atoms with Gasteiger partial charge in [-0.3, -0.25) is 4.79 Å². The van der Waals surface area contributed by atoms with E-state index in [1.54, 1.807) is 0 Å². The number of amides is 1. The van der Waals surface area contributed by atoms with Crippen molar-refractivity contribution in [2.45, 2.75) is 45.1 Å². The minimum Gasteiger partial charge on any atom is -0.349 e. The lowest BCUT2D eigenvalue weighted by Crippen LogP contribution is -2.38. The second-order valence-electron chi connectivity index (χ2n) is 5.36. The van der Waals surface area contributed by atoms with E-state index in [2.05, 4.69) is 19.2 Å². The lowest BCUT2D eigenvalue weighted by atomic mass is 9.84. The van der Waals surface area contributed by atoms with Gasteiger partial charge < -0.3 is 5.32 Å². The summed E-state index contributed by atoms with van der Waals surface area (Å²) in [6.45, 7) is 5.98. The summed E-state index contributed by atoms with van der Waals surface area (Å²) in [5, 5.41) is 3.13. The molecule has 18 heavy (non-hydrogen) atoms. The van der Waals surface area contributed by atoms with Gasteiger partial charge in [0.1, 0.15) is 0 Å². The normalized spacial score (nSPS) is 18.3. The largest absolute Gasteiger partial charge is 0.349 e. The quantitative estimate of drug-likeness (QED) is 0.865. The summed E-state index contributed by atoms with van der Waals surface area (Å²) in [4.78, 5) is 12.1. The highest BCUT2D eigenvalue weighted by molar-refractivity contribution is 5.94. The summed E-state index contributed by atoms with van der Waals surface area (Å²) in [5.41, 5.74) is 1.60. The summed E-state index contributed by atoms with van der Waals surface area (Å²) in [6, 6.07) is 7.73. The Morgan fingerprint density at radius 3 is 2.72 bits per heavy atom. The van der Waals surface area contributed by atoms with Crippen molar-refractivity contribution in [2.24, 2.45) is 5.92 Å². The van der Waals surface area contributed by atoms with Crippen LogP contribution >= 0.6 is 0 Å². The molecule has 2 heteroatoms. The lowest BCUT2D eigenvalue weighted by Gasteiger charge is -2.28. The molecule has 0 aromatic heterocycles. The molecular weight excluding hydrogens is 222 g/mol. The minimum atomic E-state index is 0.0265. The van der Waals surface area contributed by atoms with Gasteiger partial charge in [0.05, 0.1) is 0 Å². The van der Waals surface area contributed by atoms with E-state index >= 15 is 0 Å². The van der Waals surface area contributed by atoms with Crippen molar-refractivity contribution >= 4 is 5.91 Å². The fourth-order valence-corrected chi connectivity index (χ4v) is 2.75. The van der Waals surface area contributed by atoms with Crippen molar-refractivity contribution in [2.75, 3.05) is 0 Å². The smallest absolute Gasteiger partial charge is 0.251 e. The molecule has 1 atom stereocenters. The monoisotopic (exact) mass is 244 g/mol. The first-order valence-corrected chi connectivity index (χ1v) is 6.89. The fourth-order valence-electron chi connectivity index (χ4n) is 2.75. The zero-order valence-corrected chi connectivity index (χ0v) is 11.1. The molecule has 0 saturated heterocycles. The molecule has 1 amide bonds. The zero-order valence-electron chi connectivity index (χ0n) is 11.1. The molecule has 1 aliphatic carbocycles. The molecule has 1 aromatic rings. The Hall–Kier alpha value is -1.31. The maximum Gasteiger partial charge on any atom is 0.251 e. The molecule has 2 rings (SSSR count). The van der Waals surface area contributed by atoms with Crippen LogP contribution in [-0.4, -0.2) is 11.9 Å². The summed E-state index contributed by atoms with van der Waals surface area (Å²) >= 11 is 0. The van der Waals surface area contributed by atoms with Crippen LogP contribution in [0.1, 0.15) is 54.9 Å². The SMILES string of the molecule is [CH2]c1cccc(C(=O)N[C@@H](C)C2CCCCC2)c1. The van der Waals surface area contributed by atoms with Crippen molar-refractivity contribution in [1.82, 2.24) is 5.32 Å². The van der Waals surface area contributed by atoms with Gasteiger partial charge in [0.25, 0.3) is 5.91 Å². The molecular formula is C16H22NO. The number of nitrogens with one attached hydrogen (secondary N) is 1. The number of hydrogen-bond acceptors (Lipinski definition) is 1.